The molecule has 0 aliphatic heterocycles. The van der Waals surface area contributed by atoms with Gasteiger partial charge in [-0.05, 0) is 50.2 Å². The van der Waals surface area contributed by atoms with Crippen molar-refractivity contribution in [1.82, 2.24) is 0 Å². The van der Waals surface area contributed by atoms with Crippen molar-refractivity contribution in [3.63, 3.8) is 0 Å². The van der Waals surface area contributed by atoms with Gasteiger partial charge in [0.25, 0.3) is 0 Å². The molecule has 134 valence electrons. The Morgan fingerprint density at radius 2 is 1.81 bits per heavy atom. The number of fused-ring (bicyclic) bond motifs is 1. The van der Waals surface area contributed by atoms with E-state index in [9.17, 15) is 9.59 Å². The molecule has 1 aromatic heterocycles. The molecule has 3 aromatic rings. The molecule has 26 heavy (non-hydrogen) atoms. The van der Waals surface area contributed by atoms with Crippen LogP contribution in [0.3, 0.4) is 0 Å². The molecule has 0 amide bonds. The van der Waals surface area contributed by atoms with E-state index in [2.05, 4.69) is 0 Å². The van der Waals surface area contributed by atoms with Crippen LogP contribution in [0.2, 0.25) is 0 Å². The number of carbonyl (C=O) groups is 1. The van der Waals surface area contributed by atoms with Gasteiger partial charge in [-0.3, -0.25) is 9.59 Å². The Balaban J connectivity index is 2.26. The van der Waals surface area contributed by atoms with Gasteiger partial charge < -0.3 is 13.9 Å². The summed E-state index contributed by atoms with van der Waals surface area (Å²) in [6, 6.07) is 14.2. The van der Waals surface area contributed by atoms with Crippen molar-refractivity contribution in [2.24, 2.45) is 0 Å². The predicted molar refractivity (Wildman–Crippen MR) is 99.5 cm³/mol. The van der Waals surface area contributed by atoms with Gasteiger partial charge in [-0.15, -0.1) is 0 Å². The third-order valence-electron chi connectivity index (χ3n) is 4.26. The van der Waals surface area contributed by atoms with Crippen molar-refractivity contribution in [2.75, 3.05) is 13.7 Å². The summed E-state index contributed by atoms with van der Waals surface area (Å²) in [5.74, 6) is -0.133. The Kier molecular flexibility index (Phi) is 5.07. The first kappa shape index (κ1) is 17.7. The maximum atomic E-state index is 13.1. The van der Waals surface area contributed by atoms with Gasteiger partial charge in [0.05, 0.1) is 30.6 Å². The van der Waals surface area contributed by atoms with Crippen molar-refractivity contribution in [3.05, 3.63) is 64.3 Å². The number of carbonyl (C=O) groups excluding carboxylic acids is 1. The number of esters is 1. The largest absolute Gasteiger partial charge is 0.497 e. The average Bonchev–Trinajstić information content (AvgIpc) is 2.67. The van der Waals surface area contributed by atoms with Gasteiger partial charge in [0.15, 0.2) is 5.43 Å². The lowest BCUT2D eigenvalue weighted by Crippen LogP contribution is -2.21. The molecule has 0 aliphatic carbocycles. The minimum Gasteiger partial charge on any atom is -0.497 e. The van der Waals surface area contributed by atoms with Crippen LogP contribution in [0.5, 0.6) is 5.75 Å². The fraction of sp³-hybridized carbons (Fsp3) is 0.238. The van der Waals surface area contributed by atoms with E-state index in [-0.39, 0.29) is 12.0 Å². The number of ether oxygens (including phenoxy) is 2. The van der Waals surface area contributed by atoms with Crippen LogP contribution in [-0.2, 0) is 9.53 Å². The molecule has 1 unspecified atom stereocenters. The highest BCUT2D eigenvalue weighted by molar-refractivity contribution is 5.86. The first-order valence-corrected chi connectivity index (χ1v) is 8.43. The third kappa shape index (κ3) is 3.20. The monoisotopic (exact) mass is 352 g/mol. The van der Waals surface area contributed by atoms with Crippen LogP contribution in [-0.4, -0.2) is 19.7 Å². The lowest BCUT2D eigenvalue weighted by atomic mass is 9.95. The summed E-state index contributed by atoms with van der Waals surface area (Å²) < 4.78 is 16.3. The highest BCUT2D eigenvalue weighted by Gasteiger charge is 2.26. The minimum atomic E-state index is -0.743. The molecule has 3 rings (SSSR count). The minimum absolute atomic E-state index is 0.224. The van der Waals surface area contributed by atoms with E-state index in [1.807, 2.05) is 0 Å². The Morgan fingerprint density at radius 3 is 2.46 bits per heavy atom. The highest BCUT2D eigenvalue weighted by Crippen LogP contribution is 2.31. The molecule has 2 aromatic carbocycles. The number of para-hydroxylation sites is 1. The lowest BCUT2D eigenvalue weighted by molar-refractivity contribution is -0.144. The molecule has 5 nitrogen and oxygen atoms in total. The van der Waals surface area contributed by atoms with Gasteiger partial charge in [-0.25, -0.2) is 0 Å². The summed E-state index contributed by atoms with van der Waals surface area (Å²) in [7, 11) is 1.58. The molecular formula is C21H20O5. The fourth-order valence-electron chi connectivity index (χ4n) is 2.89. The Morgan fingerprint density at radius 1 is 1.12 bits per heavy atom. The zero-order valence-corrected chi connectivity index (χ0v) is 14.9. The second-order valence-corrected chi connectivity index (χ2v) is 5.87. The van der Waals surface area contributed by atoms with Gasteiger partial charge >= 0.3 is 5.97 Å². The summed E-state index contributed by atoms with van der Waals surface area (Å²) >= 11 is 0. The number of hydrogen-bond donors (Lipinski definition) is 0. The molecule has 0 fully saturated rings. The second kappa shape index (κ2) is 7.44. The highest BCUT2D eigenvalue weighted by atomic mass is 16.5. The summed E-state index contributed by atoms with van der Waals surface area (Å²) in [6.45, 7) is 3.64. The molecule has 5 heteroatoms. The lowest BCUT2D eigenvalue weighted by Gasteiger charge is -2.15. The Bertz CT molecular complexity index is 985. The van der Waals surface area contributed by atoms with E-state index in [0.29, 0.717) is 33.6 Å². The van der Waals surface area contributed by atoms with Gasteiger partial charge in [-0.1, -0.05) is 12.1 Å². The second-order valence-electron chi connectivity index (χ2n) is 5.87. The normalized spacial score (nSPS) is 12.0. The van der Waals surface area contributed by atoms with Gasteiger partial charge in [0.2, 0.25) is 0 Å². The standard InChI is InChI=1S/C21H20O5/c1-4-25-21(23)13(2)18-19(22)16-7-5-6-8-17(16)26-20(18)14-9-11-15(24-3)12-10-14/h5-13H,4H2,1-3H3. The fourth-order valence-corrected chi connectivity index (χ4v) is 2.89. The molecule has 1 heterocycles. The van der Waals surface area contributed by atoms with Crippen LogP contribution in [0.15, 0.2) is 57.7 Å². The topological polar surface area (TPSA) is 65.7 Å². The molecule has 0 saturated carbocycles. The van der Waals surface area contributed by atoms with Crippen LogP contribution in [0.1, 0.15) is 25.3 Å². The van der Waals surface area contributed by atoms with E-state index in [4.69, 9.17) is 13.9 Å². The SMILES string of the molecule is CCOC(=O)C(C)c1c(-c2ccc(OC)cc2)oc2ccccc2c1=O. The van der Waals surface area contributed by atoms with Crippen molar-refractivity contribution >= 4 is 16.9 Å². The van der Waals surface area contributed by atoms with Crippen LogP contribution < -0.4 is 10.2 Å². The first-order valence-electron chi connectivity index (χ1n) is 8.43. The molecular weight excluding hydrogens is 332 g/mol. The van der Waals surface area contributed by atoms with Crippen LogP contribution in [0.4, 0.5) is 0 Å². The smallest absolute Gasteiger partial charge is 0.313 e. The zero-order valence-electron chi connectivity index (χ0n) is 14.9. The Hall–Kier alpha value is -3.08. The molecule has 0 N–H and O–H groups in total. The molecule has 0 saturated heterocycles. The number of methoxy groups -OCH3 is 1. The summed E-state index contributed by atoms with van der Waals surface area (Å²) in [5, 5.41) is 0.441. The maximum Gasteiger partial charge on any atom is 0.313 e. The van der Waals surface area contributed by atoms with E-state index >= 15 is 0 Å². The van der Waals surface area contributed by atoms with Crippen LogP contribution >= 0.6 is 0 Å². The van der Waals surface area contributed by atoms with E-state index in [1.165, 1.54) is 0 Å². The number of benzene rings is 2. The van der Waals surface area contributed by atoms with Crippen molar-refractivity contribution in [3.8, 4) is 17.1 Å². The molecule has 0 aliphatic rings. The van der Waals surface area contributed by atoms with E-state index < -0.39 is 11.9 Å². The van der Waals surface area contributed by atoms with Crippen molar-refractivity contribution < 1.29 is 18.7 Å². The van der Waals surface area contributed by atoms with E-state index in [1.54, 1.807) is 69.5 Å². The number of hydrogen-bond acceptors (Lipinski definition) is 5. The zero-order chi connectivity index (χ0) is 18.7. The van der Waals surface area contributed by atoms with Crippen molar-refractivity contribution in [1.29, 1.82) is 0 Å². The number of rotatable bonds is 5. The predicted octanol–water partition coefficient (Wildman–Crippen LogP) is 4.14. The molecule has 0 bridgehead atoms. The summed E-state index contributed by atoms with van der Waals surface area (Å²) in [4.78, 5) is 25.4. The Labute approximate surface area is 151 Å². The van der Waals surface area contributed by atoms with Crippen LogP contribution in [0, 0.1) is 0 Å². The van der Waals surface area contributed by atoms with E-state index in [0.717, 1.165) is 0 Å². The van der Waals surface area contributed by atoms with Gasteiger partial charge in [-0.2, -0.15) is 0 Å². The quantitative estimate of drug-likeness (QED) is 0.646. The molecule has 0 radical (unpaired) electrons. The van der Waals surface area contributed by atoms with Gasteiger partial charge in [0, 0.05) is 5.56 Å². The van der Waals surface area contributed by atoms with Crippen LogP contribution in [0.25, 0.3) is 22.3 Å². The average molecular weight is 352 g/mol. The maximum absolute atomic E-state index is 13.1. The summed E-state index contributed by atoms with van der Waals surface area (Å²) in [6.07, 6.45) is 0. The first-order chi connectivity index (χ1) is 12.6. The van der Waals surface area contributed by atoms with Crippen molar-refractivity contribution in [2.45, 2.75) is 19.8 Å². The third-order valence-corrected chi connectivity index (χ3v) is 4.26. The molecule has 1 atom stereocenters. The summed E-state index contributed by atoms with van der Waals surface area (Å²) in [5.41, 5.74) is 1.24. The van der Waals surface area contributed by atoms with Gasteiger partial charge in [0.1, 0.15) is 17.1 Å². The molecule has 0 spiro atoms.